The first-order valence-electron chi connectivity index (χ1n) is 9.96. The monoisotopic (exact) mass is 444 g/mol. The fourth-order valence-electron chi connectivity index (χ4n) is 2.81. The molecule has 1 aromatic carbocycles. The molecule has 0 atom stereocenters. The van der Waals surface area contributed by atoms with Crippen LogP contribution >= 0.6 is 23.5 Å². The molecule has 9 heteroatoms. The van der Waals surface area contributed by atoms with E-state index in [2.05, 4.69) is 51.7 Å². The Hall–Kier alpha value is -2.26. The molecule has 0 aliphatic heterocycles. The standard InChI is InChI=1S/C21H28N6OS2/c1-15(2)11-23-19-17-12-24-27(20(17)26-21(25-19)29-3)10-9-22-18(28)14-30-13-16-7-5-4-6-8-16/h4-8,12,15H,9-11,13-14H2,1-3H3,(H,22,28)(H,23,25,26). The zero-order valence-corrected chi connectivity index (χ0v) is 19.2. The summed E-state index contributed by atoms with van der Waals surface area (Å²) in [6.07, 6.45) is 3.75. The Labute approximate surface area is 185 Å². The normalized spacial score (nSPS) is 11.2. The molecule has 0 bridgehead atoms. The Morgan fingerprint density at radius 3 is 2.73 bits per heavy atom. The maximum Gasteiger partial charge on any atom is 0.230 e. The second-order valence-electron chi connectivity index (χ2n) is 7.27. The Balaban J connectivity index is 1.54. The molecule has 0 aliphatic rings. The van der Waals surface area contributed by atoms with Gasteiger partial charge in [0.25, 0.3) is 0 Å². The number of benzene rings is 1. The van der Waals surface area contributed by atoms with Crippen molar-refractivity contribution in [3.05, 3.63) is 42.1 Å². The predicted octanol–water partition coefficient (Wildman–Crippen LogP) is 3.67. The molecule has 0 unspecified atom stereocenters. The summed E-state index contributed by atoms with van der Waals surface area (Å²) in [6, 6.07) is 10.2. The lowest BCUT2D eigenvalue weighted by atomic mass is 10.2. The molecule has 0 radical (unpaired) electrons. The smallest absolute Gasteiger partial charge is 0.230 e. The number of hydrogen-bond donors (Lipinski definition) is 2. The molecule has 0 saturated carbocycles. The summed E-state index contributed by atoms with van der Waals surface area (Å²) in [5, 5.41) is 12.4. The SMILES string of the molecule is CSc1nc(NCC(C)C)c2cnn(CCNC(=O)CSCc3ccccc3)c2n1. The first-order valence-corrected chi connectivity index (χ1v) is 12.3. The van der Waals surface area contributed by atoms with Gasteiger partial charge in [-0.05, 0) is 17.7 Å². The van der Waals surface area contributed by atoms with Gasteiger partial charge in [-0.25, -0.2) is 14.6 Å². The molecule has 1 amide bonds. The predicted molar refractivity (Wildman–Crippen MR) is 126 cm³/mol. The van der Waals surface area contributed by atoms with E-state index in [9.17, 15) is 4.79 Å². The molecule has 0 saturated heterocycles. The zero-order chi connectivity index (χ0) is 21.3. The van der Waals surface area contributed by atoms with Crippen LogP contribution < -0.4 is 10.6 Å². The molecule has 7 nitrogen and oxygen atoms in total. The summed E-state index contributed by atoms with van der Waals surface area (Å²) < 4.78 is 1.83. The van der Waals surface area contributed by atoms with Crippen molar-refractivity contribution in [3.63, 3.8) is 0 Å². The number of nitrogens with zero attached hydrogens (tertiary/aromatic N) is 4. The minimum Gasteiger partial charge on any atom is -0.369 e. The van der Waals surface area contributed by atoms with Gasteiger partial charge in [0.1, 0.15) is 5.82 Å². The summed E-state index contributed by atoms with van der Waals surface area (Å²) in [5.41, 5.74) is 2.01. The van der Waals surface area contributed by atoms with Gasteiger partial charge in [0, 0.05) is 18.8 Å². The molecular formula is C21H28N6OS2. The number of rotatable bonds is 11. The average Bonchev–Trinajstić information content (AvgIpc) is 3.15. The second-order valence-corrected chi connectivity index (χ2v) is 9.03. The van der Waals surface area contributed by atoms with Gasteiger partial charge in [-0.15, -0.1) is 11.8 Å². The van der Waals surface area contributed by atoms with Gasteiger partial charge in [-0.2, -0.15) is 5.10 Å². The summed E-state index contributed by atoms with van der Waals surface area (Å²) >= 11 is 3.12. The Kier molecular flexibility index (Phi) is 8.39. The number of fused-ring (bicyclic) bond motifs is 1. The van der Waals surface area contributed by atoms with Gasteiger partial charge in [-0.1, -0.05) is 55.9 Å². The molecule has 0 spiro atoms. The van der Waals surface area contributed by atoms with Gasteiger partial charge in [0.2, 0.25) is 5.91 Å². The van der Waals surface area contributed by atoms with Crippen LogP contribution in [0, 0.1) is 5.92 Å². The summed E-state index contributed by atoms with van der Waals surface area (Å²) in [4.78, 5) is 21.3. The highest BCUT2D eigenvalue weighted by Gasteiger charge is 2.13. The highest BCUT2D eigenvalue weighted by atomic mass is 32.2. The van der Waals surface area contributed by atoms with E-state index in [1.54, 1.807) is 18.0 Å². The van der Waals surface area contributed by atoms with Gasteiger partial charge in [-0.3, -0.25) is 4.79 Å². The lowest BCUT2D eigenvalue weighted by Gasteiger charge is -2.11. The number of amides is 1. The van der Waals surface area contributed by atoms with Crippen molar-refractivity contribution in [1.82, 2.24) is 25.1 Å². The van der Waals surface area contributed by atoms with E-state index < -0.39 is 0 Å². The van der Waals surface area contributed by atoms with E-state index in [1.165, 1.54) is 17.3 Å². The Bertz CT molecular complexity index is 961. The molecule has 3 aromatic rings. The van der Waals surface area contributed by atoms with Crippen LogP contribution in [0.5, 0.6) is 0 Å². The second kappa shape index (κ2) is 11.2. The topological polar surface area (TPSA) is 84.7 Å². The van der Waals surface area contributed by atoms with Gasteiger partial charge in [0.15, 0.2) is 10.8 Å². The zero-order valence-electron chi connectivity index (χ0n) is 17.6. The Morgan fingerprint density at radius 1 is 1.20 bits per heavy atom. The van der Waals surface area contributed by atoms with Crippen molar-refractivity contribution < 1.29 is 4.79 Å². The fraction of sp³-hybridized carbons (Fsp3) is 0.429. The van der Waals surface area contributed by atoms with Crippen molar-refractivity contribution in [3.8, 4) is 0 Å². The third kappa shape index (κ3) is 6.37. The molecule has 0 fully saturated rings. The van der Waals surface area contributed by atoms with Crippen LogP contribution in [-0.4, -0.2) is 50.8 Å². The van der Waals surface area contributed by atoms with E-state index in [4.69, 9.17) is 0 Å². The van der Waals surface area contributed by atoms with E-state index in [-0.39, 0.29) is 5.91 Å². The van der Waals surface area contributed by atoms with Crippen LogP contribution in [0.4, 0.5) is 5.82 Å². The van der Waals surface area contributed by atoms with Gasteiger partial charge in [0.05, 0.1) is 23.9 Å². The molecule has 2 heterocycles. The lowest BCUT2D eigenvalue weighted by Crippen LogP contribution is -2.29. The first-order chi connectivity index (χ1) is 14.6. The number of aromatic nitrogens is 4. The summed E-state index contributed by atoms with van der Waals surface area (Å²) in [7, 11) is 0. The maximum absolute atomic E-state index is 12.1. The molecule has 0 aliphatic carbocycles. The van der Waals surface area contributed by atoms with Crippen molar-refractivity contribution in [2.45, 2.75) is 31.3 Å². The third-order valence-corrected chi connectivity index (χ3v) is 5.88. The highest BCUT2D eigenvalue weighted by Crippen LogP contribution is 2.23. The Morgan fingerprint density at radius 2 is 2.00 bits per heavy atom. The van der Waals surface area contributed by atoms with Crippen molar-refractivity contribution in [1.29, 1.82) is 0 Å². The number of nitrogens with one attached hydrogen (secondary N) is 2. The van der Waals surface area contributed by atoms with Crippen LogP contribution in [0.1, 0.15) is 19.4 Å². The molecule has 2 N–H and O–H groups in total. The van der Waals surface area contributed by atoms with Crippen LogP contribution in [0.2, 0.25) is 0 Å². The number of carbonyl (C=O) groups is 1. The molecular weight excluding hydrogens is 416 g/mol. The van der Waals surface area contributed by atoms with Crippen LogP contribution in [0.15, 0.2) is 41.7 Å². The third-order valence-electron chi connectivity index (χ3n) is 4.33. The van der Waals surface area contributed by atoms with Gasteiger partial charge < -0.3 is 10.6 Å². The lowest BCUT2D eigenvalue weighted by molar-refractivity contribution is -0.118. The van der Waals surface area contributed by atoms with Crippen LogP contribution in [0.3, 0.4) is 0 Å². The maximum atomic E-state index is 12.1. The molecule has 160 valence electrons. The van der Waals surface area contributed by atoms with E-state index in [0.29, 0.717) is 29.9 Å². The van der Waals surface area contributed by atoms with Crippen LogP contribution in [-0.2, 0) is 17.1 Å². The quantitative estimate of drug-likeness (QED) is 0.345. The first kappa shape index (κ1) is 22.4. The summed E-state index contributed by atoms with van der Waals surface area (Å²) in [6.45, 7) is 6.22. The number of carbonyl (C=O) groups excluding carboxylic acids is 1. The minimum absolute atomic E-state index is 0.0334. The van der Waals surface area contributed by atoms with Crippen LogP contribution in [0.25, 0.3) is 11.0 Å². The summed E-state index contributed by atoms with van der Waals surface area (Å²) in [5.74, 6) is 2.63. The molecule has 30 heavy (non-hydrogen) atoms. The fourth-order valence-corrected chi connectivity index (χ4v) is 3.99. The largest absolute Gasteiger partial charge is 0.369 e. The molecule has 2 aromatic heterocycles. The van der Waals surface area contributed by atoms with Crippen molar-refractivity contribution in [2.24, 2.45) is 5.92 Å². The highest BCUT2D eigenvalue weighted by molar-refractivity contribution is 7.99. The van der Waals surface area contributed by atoms with Crippen molar-refractivity contribution in [2.75, 3.05) is 30.4 Å². The van der Waals surface area contributed by atoms with Gasteiger partial charge >= 0.3 is 0 Å². The van der Waals surface area contributed by atoms with E-state index in [1.807, 2.05) is 29.1 Å². The average molecular weight is 445 g/mol. The molecule has 3 rings (SSSR count). The van der Waals surface area contributed by atoms with E-state index in [0.717, 1.165) is 29.1 Å². The number of thioether (sulfide) groups is 2. The number of anilines is 1. The minimum atomic E-state index is 0.0334. The number of hydrogen-bond acceptors (Lipinski definition) is 7. The van der Waals surface area contributed by atoms with Crippen molar-refractivity contribution >= 4 is 46.3 Å². The van der Waals surface area contributed by atoms with E-state index >= 15 is 0 Å².